The Bertz CT molecular complexity index is 1330. The van der Waals surface area contributed by atoms with Crippen LogP contribution < -0.4 is 4.72 Å². The Morgan fingerprint density at radius 2 is 1.42 bits per heavy atom. The monoisotopic (exact) mass is 628 g/mol. The number of likely N-dealkylation sites (tertiary alicyclic amines) is 1. The van der Waals surface area contributed by atoms with Gasteiger partial charge in [-0.2, -0.15) is 0 Å². The summed E-state index contributed by atoms with van der Waals surface area (Å²) in [5, 5.41) is 0. The molecule has 240 valence electrons. The molecule has 1 aliphatic rings. The summed E-state index contributed by atoms with van der Waals surface area (Å²) in [7, 11) is 1.72. The fourth-order valence-corrected chi connectivity index (χ4v) is 7.88. The number of nitrogens with zero attached hydrogens (tertiary/aromatic N) is 1. The van der Waals surface area contributed by atoms with E-state index in [-0.39, 0.29) is 18.2 Å². The fourth-order valence-electron chi connectivity index (χ4n) is 6.42. The first-order valence-electron chi connectivity index (χ1n) is 15.8. The normalized spacial score (nSPS) is 19.4. The van der Waals surface area contributed by atoms with Crippen LogP contribution in [0.15, 0.2) is 103 Å². The molecule has 45 heavy (non-hydrogen) atoms. The smallest absolute Gasteiger partial charge is 0.417 e. The Morgan fingerprint density at radius 3 is 1.82 bits per heavy atom. The highest BCUT2D eigenvalue weighted by molar-refractivity contribution is 7.98. The summed E-state index contributed by atoms with van der Waals surface area (Å²) in [6.07, 6.45) is 5.15. The van der Waals surface area contributed by atoms with E-state index in [0.717, 1.165) is 23.1 Å². The van der Waals surface area contributed by atoms with Crippen LogP contribution in [-0.2, 0) is 19.0 Å². The lowest BCUT2D eigenvalue weighted by atomic mass is 9.81. The molecule has 0 radical (unpaired) electrons. The summed E-state index contributed by atoms with van der Waals surface area (Å²) >= 11 is 1.60. The van der Waals surface area contributed by atoms with Crippen LogP contribution in [0.3, 0.4) is 0 Å². The van der Waals surface area contributed by atoms with Crippen LogP contribution >= 0.6 is 11.9 Å². The number of imide groups is 1. The zero-order valence-corrected chi connectivity index (χ0v) is 28.5. The van der Waals surface area contributed by atoms with Crippen LogP contribution in [-0.4, -0.2) is 47.3 Å². The van der Waals surface area contributed by atoms with E-state index in [1.807, 2.05) is 58.0 Å². The van der Waals surface area contributed by atoms with Crippen molar-refractivity contribution in [3.63, 3.8) is 0 Å². The minimum absolute atomic E-state index is 0.213. The third-order valence-electron chi connectivity index (χ3n) is 8.54. The highest BCUT2D eigenvalue weighted by atomic mass is 32.2. The number of methoxy groups -OCH3 is 1. The van der Waals surface area contributed by atoms with Gasteiger partial charge in [-0.25, -0.2) is 9.69 Å². The van der Waals surface area contributed by atoms with Gasteiger partial charge in [0.15, 0.2) is 0 Å². The number of amides is 2. The first-order chi connectivity index (χ1) is 21.5. The summed E-state index contributed by atoms with van der Waals surface area (Å²) in [5.41, 5.74) is 1.82. The van der Waals surface area contributed by atoms with E-state index in [0.29, 0.717) is 6.42 Å². The van der Waals surface area contributed by atoms with Crippen molar-refractivity contribution in [3.05, 3.63) is 120 Å². The first-order valence-corrected chi connectivity index (χ1v) is 16.7. The molecule has 1 fully saturated rings. The Kier molecular flexibility index (Phi) is 11.3. The molecule has 4 rings (SSSR count). The molecule has 0 aromatic heterocycles. The second kappa shape index (κ2) is 14.8. The van der Waals surface area contributed by atoms with E-state index in [1.54, 1.807) is 19.1 Å². The van der Waals surface area contributed by atoms with E-state index in [1.165, 1.54) is 4.90 Å². The maximum Gasteiger partial charge on any atom is 0.417 e. The average molecular weight is 629 g/mol. The third-order valence-corrected chi connectivity index (χ3v) is 9.92. The number of carbonyl (C=O) groups excluding carboxylic acids is 2. The molecule has 3 aromatic carbocycles. The molecule has 7 heteroatoms. The summed E-state index contributed by atoms with van der Waals surface area (Å²) in [6.45, 7) is 11.6. The number of ether oxygens (including phenoxy) is 2. The lowest BCUT2D eigenvalue weighted by Crippen LogP contribution is -2.62. The molecule has 4 atom stereocenters. The van der Waals surface area contributed by atoms with Crippen molar-refractivity contribution in [2.75, 3.05) is 7.11 Å². The van der Waals surface area contributed by atoms with Gasteiger partial charge in [-0.3, -0.25) is 9.52 Å². The molecule has 0 bridgehead atoms. The molecule has 0 aliphatic carbocycles. The molecule has 3 aromatic rings. The maximum atomic E-state index is 13.8. The molecule has 0 unspecified atom stereocenters. The van der Waals surface area contributed by atoms with Gasteiger partial charge in [0.05, 0.1) is 17.7 Å². The van der Waals surface area contributed by atoms with Gasteiger partial charge in [-0.05, 0) is 57.7 Å². The summed E-state index contributed by atoms with van der Waals surface area (Å²) in [4.78, 5) is 28.8. The van der Waals surface area contributed by atoms with Crippen molar-refractivity contribution in [3.8, 4) is 0 Å². The van der Waals surface area contributed by atoms with E-state index in [2.05, 4.69) is 91.4 Å². The standard InChI is InChI=1S/C38H48N2O4S/c1-8-19-28-27-32(41)40(35(42)44-36(3,4)5)33(28)34(37(6,43-7)26-9-2)39-45-38(29-20-13-10-14-21-29,30-22-15-11-16-23-30)31-24-17-12-18-25-31/h8,10-25,28,33-34,39H,9,26-27H2,1-7H3/t28-,33-,34-,37+/m1/s1. The Labute approximate surface area is 273 Å². The average Bonchev–Trinajstić information content (AvgIpc) is 3.35. The molecule has 0 saturated carbocycles. The number of hydrogen-bond donors (Lipinski definition) is 1. The molecular formula is C38H48N2O4S. The number of hydrogen-bond acceptors (Lipinski definition) is 6. The van der Waals surface area contributed by atoms with Gasteiger partial charge in [0.1, 0.15) is 10.3 Å². The number of allylic oxidation sites excluding steroid dienone is 1. The van der Waals surface area contributed by atoms with E-state index >= 15 is 0 Å². The van der Waals surface area contributed by atoms with Crippen molar-refractivity contribution in [1.82, 2.24) is 9.62 Å². The van der Waals surface area contributed by atoms with Gasteiger partial charge in [-0.15, -0.1) is 0 Å². The van der Waals surface area contributed by atoms with Gasteiger partial charge in [0.2, 0.25) is 5.91 Å². The van der Waals surface area contributed by atoms with Crippen LogP contribution in [0, 0.1) is 5.92 Å². The zero-order chi connectivity index (χ0) is 32.7. The van der Waals surface area contributed by atoms with Crippen LogP contribution in [0.4, 0.5) is 4.79 Å². The van der Waals surface area contributed by atoms with Crippen LogP contribution in [0.1, 0.15) is 77.5 Å². The molecule has 1 saturated heterocycles. The molecule has 1 heterocycles. The van der Waals surface area contributed by atoms with E-state index in [4.69, 9.17) is 9.47 Å². The Hall–Kier alpha value is -3.39. The van der Waals surface area contributed by atoms with Gasteiger partial charge >= 0.3 is 6.09 Å². The SMILES string of the molecule is CC=C[C@@H]1CC(=O)N(C(=O)OC(C)(C)C)[C@H]1[C@@H](NSC(c1ccccc1)(c1ccccc1)c1ccccc1)[C@](C)(CCC)OC. The minimum atomic E-state index is -0.755. The summed E-state index contributed by atoms with van der Waals surface area (Å²) in [5.74, 6) is -0.469. The fraction of sp³-hybridized carbons (Fsp3) is 0.421. The van der Waals surface area contributed by atoms with Gasteiger partial charge < -0.3 is 9.47 Å². The topological polar surface area (TPSA) is 67.9 Å². The number of carbonyl (C=O) groups is 2. The quantitative estimate of drug-likeness (QED) is 0.123. The summed E-state index contributed by atoms with van der Waals surface area (Å²) < 4.78 is 15.4. The second-order valence-corrected chi connectivity index (χ2v) is 13.9. The van der Waals surface area contributed by atoms with Crippen molar-refractivity contribution in [2.45, 2.75) is 88.8 Å². The van der Waals surface area contributed by atoms with Gasteiger partial charge in [0, 0.05) is 19.4 Å². The molecule has 1 N–H and O–H groups in total. The first kappa shape index (κ1) is 34.5. The Balaban J connectivity index is 1.92. The largest absolute Gasteiger partial charge is 0.443 e. The predicted octanol–water partition coefficient (Wildman–Crippen LogP) is 8.52. The number of rotatable bonds is 12. The second-order valence-electron chi connectivity index (χ2n) is 12.9. The lowest BCUT2D eigenvalue weighted by molar-refractivity contribution is -0.129. The lowest BCUT2D eigenvalue weighted by Gasteiger charge is -2.45. The number of nitrogens with one attached hydrogen (secondary N) is 1. The molecule has 1 aliphatic heterocycles. The molecule has 6 nitrogen and oxygen atoms in total. The van der Waals surface area contributed by atoms with Crippen molar-refractivity contribution in [1.29, 1.82) is 0 Å². The maximum absolute atomic E-state index is 13.8. The summed E-state index contributed by atoms with van der Waals surface area (Å²) in [6, 6.07) is 30.4. The minimum Gasteiger partial charge on any atom is -0.443 e. The van der Waals surface area contributed by atoms with E-state index < -0.39 is 34.1 Å². The number of benzene rings is 3. The van der Waals surface area contributed by atoms with Crippen molar-refractivity contribution < 1.29 is 19.1 Å². The molecule has 2 amide bonds. The molecule has 0 spiro atoms. The van der Waals surface area contributed by atoms with Crippen molar-refractivity contribution >= 4 is 23.9 Å². The third kappa shape index (κ3) is 7.54. The van der Waals surface area contributed by atoms with Crippen LogP contribution in [0.2, 0.25) is 0 Å². The van der Waals surface area contributed by atoms with Gasteiger partial charge in [0.25, 0.3) is 0 Å². The highest BCUT2D eigenvalue weighted by Gasteiger charge is 2.53. The van der Waals surface area contributed by atoms with E-state index in [9.17, 15) is 9.59 Å². The van der Waals surface area contributed by atoms with Gasteiger partial charge in [-0.1, -0.05) is 128 Å². The zero-order valence-electron chi connectivity index (χ0n) is 27.7. The predicted molar refractivity (Wildman–Crippen MR) is 184 cm³/mol. The van der Waals surface area contributed by atoms with Crippen LogP contribution in [0.5, 0.6) is 0 Å². The Morgan fingerprint density at radius 1 is 0.933 bits per heavy atom. The van der Waals surface area contributed by atoms with Crippen molar-refractivity contribution in [2.24, 2.45) is 5.92 Å². The highest BCUT2D eigenvalue weighted by Crippen LogP contribution is 2.49. The van der Waals surface area contributed by atoms with Crippen LogP contribution in [0.25, 0.3) is 0 Å². The molecular weight excluding hydrogens is 580 g/mol.